The topological polar surface area (TPSA) is 12.0 Å². The lowest BCUT2D eigenvalue weighted by Gasteiger charge is -2.20. The van der Waals surface area contributed by atoms with Crippen molar-refractivity contribution in [3.8, 4) is 0 Å². The highest BCUT2D eigenvalue weighted by Gasteiger charge is 2.07. The number of hydrogen-bond donors (Lipinski definition) is 1. The maximum atomic E-state index is 5.87. The number of benzene rings is 1. The zero-order valence-corrected chi connectivity index (χ0v) is 10.4. The van der Waals surface area contributed by atoms with Gasteiger partial charge in [0.15, 0.2) is 0 Å². The number of halogens is 2. The van der Waals surface area contributed by atoms with Gasteiger partial charge in [0.05, 0.1) is 0 Å². The third-order valence-electron chi connectivity index (χ3n) is 1.71. The van der Waals surface area contributed by atoms with E-state index in [4.69, 9.17) is 11.6 Å². The molecule has 1 aromatic carbocycles. The number of rotatable bonds is 2. The number of nitrogens with one attached hydrogen (secondary N) is 1. The second kappa shape index (κ2) is 5.59. The smallest absolute Gasteiger partial charge is 0.0409 e. The van der Waals surface area contributed by atoms with Gasteiger partial charge in [0, 0.05) is 17.1 Å². The molecule has 0 saturated heterocycles. The van der Waals surface area contributed by atoms with E-state index in [2.05, 4.69) is 32.2 Å². The van der Waals surface area contributed by atoms with Crippen LogP contribution < -0.4 is 5.32 Å². The molecule has 0 aliphatic heterocycles. The van der Waals surface area contributed by atoms with Crippen LogP contribution in [0.2, 0.25) is 5.02 Å². The van der Waals surface area contributed by atoms with Crippen molar-refractivity contribution in [3.63, 3.8) is 0 Å². The standard InChI is InChI=1S/C11H16ClN.ClH/c1-11(2,3)13-8-9-5-4-6-10(12)7-9;/h4-7,13H,8H2,1-3H3;1H. The van der Waals surface area contributed by atoms with Crippen molar-refractivity contribution in [2.24, 2.45) is 0 Å². The van der Waals surface area contributed by atoms with Gasteiger partial charge in [-0.15, -0.1) is 12.4 Å². The van der Waals surface area contributed by atoms with Crippen LogP contribution in [0.15, 0.2) is 24.3 Å². The fourth-order valence-corrected chi connectivity index (χ4v) is 1.23. The minimum atomic E-state index is 0. The lowest BCUT2D eigenvalue weighted by atomic mass is 10.1. The highest BCUT2D eigenvalue weighted by atomic mass is 35.5. The lowest BCUT2D eigenvalue weighted by molar-refractivity contribution is 0.424. The summed E-state index contributed by atoms with van der Waals surface area (Å²) in [6.07, 6.45) is 0. The van der Waals surface area contributed by atoms with Crippen molar-refractivity contribution in [3.05, 3.63) is 34.9 Å². The highest BCUT2D eigenvalue weighted by molar-refractivity contribution is 6.30. The molecule has 3 heteroatoms. The molecular weight excluding hydrogens is 217 g/mol. The van der Waals surface area contributed by atoms with E-state index < -0.39 is 0 Å². The quantitative estimate of drug-likeness (QED) is 0.823. The molecule has 0 saturated carbocycles. The second-order valence-electron chi connectivity index (χ2n) is 4.23. The normalized spacial score (nSPS) is 10.9. The first-order valence-corrected chi connectivity index (χ1v) is 4.85. The van der Waals surface area contributed by atoms with Crippen LogP contribution in [0.5, 0.6) is 0 Å². The Labute approximate surface area is 97.3 Å². The Bertz CT molecular complexity index is 279. The number of hydrogen-bond acceptors (Lipinski definition) is 1. The van der Waals surface area contributed by atoms with Crippen LogP contribution >= 0.6 is 24.0 Å². The van der Waals surface area contributed by atoms with Gasteiger partial charge in [-0.3, -0.25) is 0 Å². The van der Waals surface area contributed by atoms with Crippen molar-refractivity contribution in [1.29, 1.82) is 0 Å². The molecule has 0 aromatic heterocycles. The Morgan fingerprint density at radius 3 is 2.43 bits per heavy atom. The third kappa shape index (κ3) is 5.48. The molecule has 0 unspecified atom stereocenters. The van der Waals surface area contributed by atoms with Gasteiger partial charge in [-0.25, -0.2) is 0 Å². The Hall–Kier alpha value is -0.240. The lowest BCUT2D eigenvalue weighted by Crippen LogP contribution is -2.35. The Kier molecular flexibility index (Phi) is 5.50. The molecule has 0 aliphatic carbocycles. The molecule has 0 amide bonds. The zero-order chi connectivity index (χ0) is 9.90. The zero-order valence-electron chi connectivity index (χ0n) is 8.80. The molecular formula is C11H17Cl2N. The van der Waals surface area contributed by atoms with Crippen LogP contribution in [-0.4, -0.2) is 5.54 Å². The molecule has 0 bridgehead atoms. The van der Waals surface area contributed by atoms with E-state index in [1.807, 2.05) is 18.2 Å². The largest absolute Gasteiger partial charge is 0.308 e. The monoisotopic (exact) mass is 233 g/mol. The van der Waals surface area contributed by atoms with Gasteiger partial charge in [0.25, 0.3) is 0 Å². The second-order valence-corrected chi connectivity index (χ2v) is 4.67. The van der Waals surface area contributed by atoms with Crippen LogP contribution in [0, 0.1) is 0 Å². The van der Waals surface area contributed by atoms with Gasteiger partial charge >= 0.3 is 0 Å². The predicted molar refractivity (Wildman–Crippen MR) is 65.3 cm³/mol. The first kappa shape index (κ1) is 13.8. The third-order valence-corrected chi connectivity index (χ3v) is 1.95. The van der Waals surface area contributed by atoms with E-state index in [0.717, 1.165) is 11.6 Å². The summed E-state index contributed by atoms with van der Waals surface area (Å²) in [5.74, 6) is 0. The van der Waals surface area contributed by atoms with Gasteiger partial charge in [0.1, 0.15) is 0 Å². The molecule has 0 aliphatic rings. The Morgan fingerprint density at radius 2 is 1.93 bits per heavy atom. The average Bonchev–Trinajstić information content (AvgIpc) is 2.00. The first-order valence-electron chi connectivity index (χ1n) is 4.47. The molecule has 0 fully saturated rings. The Morgan fingerprint density at radius 1 is 1.29 bits per heavy atom. The van der Waals surface area contributed by atoms with Crippen molar-refractivity contribution >= 4 is 24.0 Å². The fraction of sp³-hybridized carbons (Fsp3) is 0.455. The van der Waals surface area contributed by atoms with Crippen LogP contribution in [0.25, 0.3) is 0 Å². The summed E-state index contributed by atoms with van der Waals surface area (Å²) in [7, 11) is 0. The molecule has 0 atom stereocenters. The van der Waals surface area contributed by atoms with E-state index in [1.165, 1.54) is 5.56 Å². The molecule has 0 radical (unpaired) electrons. The predicted octanol–water partition coefficient (Wildman–Crippen LogP) is 3.65. The van der Waals surface area contributed by atoms with E-state index in [0.29, 0.717) is 0 Å². The van der Waals surface area contributed by atoms with Crippen molar-refractivity contribution < 1.29 is 0 Å². The fourth-order valence-electron chi connectivity index (χ4n) is 1.01. The summed E-state index contributed by atoms with van der Waals surface area (Å²) < 4.78 is 0. The van der Waals surface area contributed by atoms with Gasteiger partial charge in [0.2, 0.25) is 0 Å². The Balaban J connectivity index is 0.00000169. The maximum Gasteiger partial charge on any atom is 0.0409 e. The minimum absolute atomic E-state index is 0. The van der Waals surface area contributed by atoms with E-state index in [9.17, 15) is 0 Å². The van der Waals surface area contributed by atoms with Gasteiger partial charge in [-0.2, -0.15) is 0 Å². The summed E-state index contributed by atoms with van der Waals surface area (Å²) in [4.78, 5) is 0. The summed E-state index contributed by atoms with van der Waals surface area (Å²) in [5, 5.41) is 4.21. The highest BCUT2D eigenvalue weighted by Crippen LogP contribution is 2.11. The molecule has 0 heterocycles. The van der Waals surface area contributed by atoms with E-state index in [-0.39, 0.29) is 17.9 Å². The van der Waals surface area contributed by atoms with E-state index >= 15 is 0 Å². The van der Waals surface area contributed by atoms with E-state index in [1.54, 1.807) is 0 Å². The maximum absolute atomic E-state index is 5.87. The minimum Gasteiger partial charge on any atom is -0.308 e. The van der Waals surface area contributed by atoms with Crippen molar-refractivity contribution in [2.45, 2.75) is 32.9 Å². The van der Waals surface area contributed by atoms with Crippen LogP contribution in [0.4, 0.5) is 0 Å². The SMILES string of the molecule is CC(C)(C)NCc1cccc(Cl)c1.Cl. The van der Waals surface area contributed by atoms with Crippen molar-refractivity contribution in [2.75, 3.05) is 0 Å². The van der Waals surface area contributed by atoms with Crippen LogP contribution in [0.3, 0.4) is 0 Å². The summed E-state index contributed by atoms with van der Waals surface area (Å²) in [6.45, 7) is 7.32. The van der Waals surface area contributed by atoms with Gasteiger partial charge in [-0.1, -0.05) is 23.7 Å². The average molecular weight is 234 g/mol. The van der Waals surface area contributed by atoms with Crippen LogP contribution in [0.1, 0.15) is 26.3 Å². The molecule has 80 valence electrons. The van der Waals surface area contributed by atoms with Gasteiger partial charge < -0.3 is 5.32 Å². The van der Waals surface area contributed by atoms with Crippen LogP contribution in [-0.2, 0) is 6.54 Å². The van der Waals surface area contributed by atoms with Gasteiger partial charge in [-0.05, 0) is 38.5 Å². The molecule has 1 N–H and O–H groups in total. The molecule has 1 rings (SSSR count). The summed E-state index contributed by atoms with van der Waals surface area (Å²) in [5.41, 5.74) is 1.38. The molecule has 14 heavy (non-hydrogen) atoms. The van der Waals surface area contributed by atoms with Crippen molar-refractivity contribution in [1.82, 2.24) is 5.32 Å². The molecule has 1 aromatic rings. The molecule has 0 spiro atoms. The summed E-state index contributed by atoms with van der Waals surface area (Å²) in [6, 6.07) is 7.93. The molecule has 1 nitrogen and oxygen atoms in total. The summed E-state index contributed by atoms with van der Waals surface area (Å²) >= 11 is 5.87. The first-order chi connectivity index (χ1) is 5.97.